The van der Waals surface area contributed by atoms with Crippen LogP contribution in [0.4, 0.5) is 5.69 Å². The first-order valence-electron chi connectivity index (χ1n) is 3.42. The molecule has 0 aliphatic rings. The Morgan fingerprint density at radius 1 is 1.55 bits per heavy atom. The molecule has 0 atom stereocenters. The van der Waals surface area contributed by atoms with Crippen molar-refractivity contribution in [3.8, 4) is 0 Å². The van der Waals surface area contributed by atoms with Gasteiger partial charge in [-0.1, -0.05) is 19.1 Å². The third-order valence-electron chi connectivity index (χ3n) is 1.50. The number of nitrogen functional groups attached to an aromatic ring is 1. The van der Waals surface area contributed by atoms with Crippen LogP contribution in [0, 0.1) is 0 Å². The standard InChI is InChI=1S/C8H12N2.K.H/c1-2-7-4-3-5-8(6-7)10-9;;/h3-6,10H,2,9H2,1H3;;/q;+1;-1. The second-order valence-electron chi connectivity index (χ2n) is 2.20. The summed E-state index contributed by atoms with van der Waals surface area (Å²) in [6, 6.07) is 8.06. The average Bonchev–Trinajstić information content (AvgIpc) is 2.05. The van der Waals surface area contributed by atoms with Crippen LogP contribution in [0.25, 0.3) is 0 Å². The molecule has 0 fully saturated rings. The van der Waals surface area contributed by atoms with Gasteiger partial charge in [0.05, 0.1) is 0 Å². The molecule has 0 saturated carbocycles. The first kappa shape index (κ1) is 11.6. The Hall–Kier alpha value is 0.616. The van der Waals surface area contributed by atoms with Gasteiger partial charge in [0.1, 0.15) is 0 Å². The molecule has 0 aliphatic heterocycles. The summed E-state index contributed by atoms with van der Waals surface area (Å²) in [6.07, 6.45) is 1.05. The SMILES string of the molecule is CCc1cccc(NN)c1.[H-].[K+]. The van der Waals surface area contributed by atoms with Crippen LogP contribution in [0.2, 0.25) is 0 Å². The molecular weight excluding hydrogens is 163 g/mol. The Bertz CT molecular complexity index is 199. The molecule has 11 heavy (non-hydrogen) atoms. The molecule has 2 nitrogen and oxygen atoms in total. The number of benzene rings is 1. The third kappa shape index (κ3) is 3.69. The summed E-state index contributed by atoms with van der Waals surface area (Å²) < 4.78 is 0. The van der Waals surface area contributed by atoms with E-state index in [2.05, 4.69) is 18.4 Å². The zero-order valence-corrected chi connectivity index (χ0v) is 10.2. The van der Waals surface area contributed by atoms with Gasteiger partial charge in [-0.3, -0.25) is 5.84 Å². The molecule has 56 valence electrons. The molecule has 0 spiro atoms. The number of hydrogen-bond acceptors (Lipinski definition) is 2. The van der Waals surface area contributed by atoms with Crippen molar-refractivity contribution in [2.45, 2.75) is 13.3 Å². The zero-order valence-electron chi connectivity index (χ0n) is 8.09. The van der Waals surface area contributed by atoms with Crippen molar-refractivity contribution < 1.29 is 52.8 Å². The van der Waals surface area contributed by atoms with E-state index < -0.39 is 0 Å². The molecule has 0 amide bonds. The summed E-state index contributed by atoms with van der Waals surface area (Å²) in [7, 11) is 0. The van der Waals surface area contributed by atoms with Gasteiger partial charge in [0.15, 0.2) is 0 Å². The van der Waals surface area contributed by atoms with Gasteiger partial charge >= 0.3 is 51.4 Å². The van der Waals surface area contributed by atoms with Crippen LogP contribution >= 0.6 is 0 Å². The number of nitrogens with one attached hydrogen (secondary N) is 1. The Morgan fingerprint density at radius 2 is 2.27 bits per heavy atom. The van der Waals surface area contributed by atoms with E-state index >= 15 is 0 Å². The fourth-order valence-corrected chi connectivity index (χ4v) is 0.881. The summed E-state index contributed by atoms with van der Waals surface area (Å²) in [6.45, 7) is 2.12. The first-order valence-corrected chi connectivity index (χ1v) is 3.42. The fraction of sp³-hybridized carbons (Fsp3) is 0.250. The Kier molecular flexibility index (Phi) is 6.51. The molecule has 0 aromatic heterocycles. The zero-order chi connectivity index (χ0) is 7.40. The quantitative estimate of drug-likeness (QED) is 0.332. The van der Waals surface area contributed by atoms with Crippen LogP contribution in [0.5, 0.6) is 0 Å². The minimum absolute atomic E-state index is 0. The molecule has 0 bridgehead atoms. The van der Waals surface area contributed by atoms with Crippen LogP contribution in [0.15, 0.2) is 24.3 Å². The van der Waals surface area contributed by atoms with Crippen LogP contribution in [0.1, 0.15) is 13.9 Å². The molecule has 3 N–H and O–H groups in total. The van der Waals surface area contributed by atoms with Crippen LogP contribution < -0.4 is 62.7 Å². The van der Waals surface area contributed by atoms with E-state index in [0.29, 0.717) is 0 Å². The second kappa shape index (κ2) is 6.17. The van der Waals surface area contributed by atoms with E-state index in [9.17, 15) is 0 Å². The smallest absolute Gasteiger partial charge is 1.00 e. The third-order valence-corrected chi connectivity index (χ3v) is 1.50. The first-order chi connectivity index (χ1) is 4.86. The molecule has 1 aromatic rings. The van der Waals surface area contributed by atoms with E-state index in [1.807, 2.05) is 18.2 Å². The van der Waals surface area contributed by atoms with Crippen molar-refractivity contribution in [3.63, 3.8) is 0 Å². The van der Waals surface area contributed by atoms with E-state index in [1.165, 1.54) is 5.56 Å². The van der Waals surface area contributed by atoms with Crippen molar-refractivity contribution in [1.82, 2.24) is 0 Å². The molecule has 1 rings (SSSR count). The Morgan fingerprint density at radius 3 is 2.82 bits per heavy atom. The van der Waals surface area contributed by atoms with Crippen LogP contribution in [0.3, 0.4) is 0 Å². The Balaban J connectivity index is 0. The molecule has 3 heteroatoms. The van der Waals surface area contributed by atoms with Gasteiger partial charge in [-0.05, 0) is 24.1 Å². The molecule has 0 aliphatic carbocycles. The van der Waals surface area contributed by atoms with Crippen molar-refractivity contribution in [1.29, 1.82) is 0 Å². The van der Waals surface area contributed by atoms with E-state index in [1.54, 1.807) is 0 Å². The summed E-state index contributed by atoms with van der Waals surface area (Å²) >= 11 is 0. The molecule has 0 radical (unpaired) electrons. The second-order valence-corrected chi connectivity index (χ2v) is 2.20. The molecule has 0 unspecified atom stereocenters. The molecule has 0 heterocycles. The number of hydrogen-bond donors (Lipinski definition) is 2. The number of aryl methyl sites for hydroxylation is 1. The predicted molar refractivity (Wildman–Crippen MR) is 44.7 cm³/mol. The topological polar surface area (TPSA) is 38.0 Å². The number of hydrazine groups is 1. The predicted octanol–water partition coefficient (Wildman–Crippen LogP) is -1.35. The van der Waals surface area contributed by atoms with Crippen LogP contribution in [-0.4, -0.2) is 0 Å². The van der Waals surface area contributed by atoms with Gasteiger partial charge in [-0.25, -0.2) is 0 Å². The van der Waals surface area contributed by atoms with Gasteiger partial charge in [-0.2, -0.15) is 0 Å². The van der Waals surface area contributed by atoms with Gasteiger partial charge in [0, 0.05) is 5.69 Å². The van der Waals surface area contributed by atoms with E-state index in [4.69, 9.17) is 5.84 Å². The fourth-order valence-electron chi connectivity index (χ4n) is 0.881. The van der Waals surface area contributed by atoms with Gasteiger partial charge in [0.2, 0.25) is 0 Å². The molecule has 0 saturated heterocycles. The van der Waals surface area contributed by atoms with Crippen molar-refractivity contribution in [2.24, 2.45) is 5.84 Å². The summed E-state index contributed by atoms with van der Waals surface area (Å²) in [5.41, 5.74) is 4.87. The molecule has 1 aromatic carbocycles. The van der Waals surface area contributed by atoms with Crippen molar-refractivity contribution in [3.05, 3.63) is 29.8 Å². The summed E-state index contributed by atoms with van der Waals surface area (Å²) in [5.74, 6) is 5.22. The van der Waals surface area contributed by atoms with Gasteiger partial charge in [-0.15, -0.1) is 0 Å². The maximum Gasteiger partial charge on any atom is 1.00 e. The largest absolute Gasteiger partial charge is 1.00 e. The normalized spacial score (nSPS) is 8.55. The maximum atomic E-state index is 5.22. The van der Waals surface area contributed by atoms with Gasteiger partial charge < -0.3 is 6.85 Å². The minimum atomic E-state index is 0. The van der Waals surface area contributed by atoms with E-state index in [0.717, 1.165) is 12.1 Å². The van der Waals surface area contributed by atoms with Crippen LogP contribution in [-0.2, 0) is 6.42 Å². The maximum absolute atomic E-state index is 5.22. The van der Waals surface area contributed by atoms with Crippen molar-refractivity contribution >= 4 is 5.69 Å². The van der Waals surface area contributed by atoms with Gasteiger partial charge in [0.25, 0.3) is 0 Å². The summed E-state index contributed by atoms with van der Waals surface area (Å²) in [5, 5.41) is 0. The molecular formula is C8H13KN2. The summed E-state index contributed by atoms with van der Waals surface area (Å²) in [4.78, 5) is 0. The number of anilines is 1. The Labute approximate surface area is 111 Å². The van der Waals surface area contributed by atoms with E-state index in [-0.39, 0.29) is 52.8 Å². The minimum Gasteiger partial charge on any atom is -1.00 e. The average molecular weight is 176 g/mol. The monoisotopic (exact) mass is 176 g/mol. The van der Waals surface area contributed by atoms with Crippen molar-refractivity contribution in [2.75, 3.05) is 5.43 Å². The number of nitrogens with two attached hydrogens (primary N) is 1. The number of rotatable bonds is 2.